The van der Waals surface area contributed by atoms with Crippen LogP contribution < -0.4 is 5.32 Å². The van der Waals surface area contributed by atoms with Crippen LogP contribution in [0.5, 0.6) is 0 Å². The molecule has 0 unspecified atom stereocenters. The summed E-state index contributed by atoms with van der Waals surface area (Å²) in [6.07, 6.45) is 2.90. The quantitative estimate of drug-likeness (QED) is 0.321. The summed E-state index contributed by atoms with van der Waals surface area (Å²) in [5.41, 5.74) is -0.0817. The minimum absolute atomic E-state index is 0.628. The van der Waals surface area contributed by atoms with Gasteiger partial charge in [0.15, 0.2) is 5.57 Å². The van der Waals surface area contributed by atoms with Crippen LogP contribution in [0.15, 0.2) is 40.9 Å². The van der Waals surface area contributed by atoms with Gasteiger partial charge in [0, 0.05) is 16.8 Å². The Labute approximate surface area is 102 Å². The van der Waals surface area contributed by atoms with Crippen molar-refractivity contribution in [1.82, 2.24) is 0 Å². The summed E-state index contributed by atoms with van der Waals surface area (Å²) in [6.45, 7) is 0. The summed E-state index contributed by atoms with van der Waals surface area (Å²) in [7, 11) is 0. The molecule has 0 radical (unpaired) electrons. The number of carboxylic acid groups (broad SMARTS) is 2. The molecule has 3 N–H and O–H groups in total. The number of benzene rings is 1. The van der Waals surface area contributed by atoms with E-state index in [0.29, 0.717) is 5.69 Å². The first kappa shape index (κ1) is 13.1. The fourth-order valence-electron chi connectivity index (χ4n) is 1.06. The van der Waals surface area contributed by atoms with E-state index in [-0.39, 0.29) is 0 Å². The first-order valence-corrected chi connectivity index (χ1v) is 5.84. The molecule has 0 spiro atoms. The van der Waals surface area contributed by atoms with Crippen LogP contribution in [0.4, 0.5) is 5.69 Å². The summed E-state index contributed by atoms with van der Waals surface area (Å²) in [4.78, 5) is 22.2. The average molecular weight is 253 g/mol. The molecule has 0 saturated heterocycles. The molecule has 17 heavy (non-hydrogen) atoms. The second-order valence-corrected chi connectivity index (χ2v) is 3.92. The molecule has 5 nitrogen and oxygen atoms in total. The molecule has 1 rings (SSSR count). The maximum Gasteiger partial charge on any atom is 0.344 e. The van der Waals surface area contributed by atoms with Gasteiger partial charge in [-0.15, -0.1) is 11.8 Å². The molecule has 0 aliphatic carbocycles. The standard InChI is InChI=1S/C11H11NO4S/c1-17-8-4-2-7(3-5-8)12-6-9(10(13)14)11(15)16/h2-6,12H,1H3,(H,13,14)(H,15,16). The summed E-state index contributed by atoms with van der Waals surface area (Å²) < 4.78 is 0. The van der Waals surface area contributed by atoms with Crippen LogP contribution in [-0.2, 0) is 9.59 Å². The number of carbonyl (C=O) groups is 2. The Kier molecular flexibility index (Phi) is 4.59. The van der Waals surface area contributed by atoms with Crippen LogP contribution in [0.2, 0.25) is 0 Å². The maximum absolute atomic E-state index is 10.6. The molecule has 90 valence electrons. The third kappa shape index (κ3) is 3.84. The van der Waals surface area contributed by atoms with Crippen molar-refractivity contribution >= 4 is 29.4 Å². The van der Waals surface area contributed by atoms with Gasteiger partial charge in [0.2, 0.25) is 0 Å². The Hall–Kier alpha value is -1.95. The molecule has 0 saturated carbocycles. The molecule has 0 aromatic heterocycles. The van der Waals surface area contributed by atoms with E-state index in [2.05, 4.69) is 5.32 Å². The predicted octanol–water partition coefficient (Wildman–Crippen LogP) is 1.87. The predicted molar refractivity (Wildman–Crippen MR) is 65.2 cm³/mol. The number of aliphatic carboxylic acids is 2. The fraction of sp³-hybridized carbons (Fsp3) is 0.0909. The molecule has 0 fully saturated rings. The van der Waals surface area contributed by atoms with Gasteiger partial charge in [0.25, 0.3) is 0 Å². The lowest BCUT2D eigenvalue weighted by molar-refractivity contribution is -0.140. The highest BCUT2D eigenvalue weighted by Crippen LogP contribution is 2.17. The summed E-state index contributed by atoms with van der Waals surface area (Å²) >= 11 is 1.58. The topological polar surface area (TPSA) is 86.6 Å². The number of thioether (sulfide) groups is 1. The molecule has 0 amide bonds. The first-order chi connectivity index (χ1) is 8.04. The van der Waals surface area contributed by atoms with Crippen molar-refractivity contribution in [3.05, 3.63) is 36.0 Å². The second-order valence-electron chi connectivity index (χ2n) is 3.04. The Morgan fingerprint density at radius 2 is 1.71 bits per heavy atom. The van der Waals surface area contributed by atoms with E-state index in [1.165, 1.54) is 0 Å². The molecular weight excluding hydrogens is 242 g/mol. The van der Waals surface area contributed by atoms with Crippen molar-refractivity contribution < 1.29 is 19.8 Å². The monoisotopic (exact) mass is 253 g/mol. The Bertz CT molecular complexity index is 437. The zero-order chi connectivity index (χ0) is 12.8. The summed E-state index contributed by atoms with van der Waals surface area (Å²) in [5, 5.41) is 19.8. The Morgan fingerprint density at radius 3 is 2.12 bits per heavy atom. The molecule has 0 aliphatic heterocycles. The van der Waals surface area contributed by atoms with Gasteiger partial charge in [-0.25, -0.2) is 9.59 Å². The smallest absolute Gasteiger partial charge is 0.344 e. The summed E-state index contributed by atoms with van der Waals surface area (Å²) in [6, 6.07) is 7.18. The molecule has 0 aliphatic rings. The minimum Gasteiger partial charge on any atom is -0.477 e. The van der Waals surface area contributed by atoms with Crippen LogP contribution >= 0.6 is 11.8 Å². The van der Waals surface area contributed by atoms with E-state index in [1.54, 1.807) is 23.9 Å². The lowest BCUT2D eigenvalue weighted by atomic mass is 10.3. The van der Waals surface area contributed by atoms with E-state index in [4.69, 9.17) is 10.2 Å². The Balaban J connectivity index is 2.80. The fourth-order valence-corrected chi connectivity index (χ4v) is 1.47. The van der Waals surface area contributed by atoms with Crippen LogP contribution in [0.1, 0.15) is 0 Å². The van der Waals surface area contributed by atoms with Gasteiger partial charge in [0.1, 0.15) is 0 Å². The lowest BCUT2D eigenvalue weighted by Crippen LogP contribution is -2.12. The molecule has 0 bridgehead atoms. The SMILES string of the molecule is CSc1ccc(NC=C(C(=O)O)C(=O)O)cc1. The van der Waals surface area contributed by atoms with Crippen LogP contribution in [0, 0.1) is 0 Å². The van der Waals surface area contributed by atoms with Crippen LogP contribution in [0.25, 0.3) is 0 Å². The first-order valence-electron chi connectivity index (χ1n) is 4.62. The van der Waals surface area contributed by atoms with Gasteiger partial charge < -0.3 is 15.5 Å². The van der Waals surface area contributed by atoms with Crippen molar-refractivity contribution in [3.8, 4) is 0 Å². The van der Waals surface area contributed by atoms with Gasteiger partial charge in [-0.1, -0.05) is 0 Å². The van der Waals surface area contributed by atoms with Gasteiger partial charge in [-0.3, -0.25) is 0 Å². The zero-order valence-corrected chi connectivity index (χ0v) is 9.82. The van der Waals surface area contributed by atoms with E-state index in [1.807, 2.05) is 18.4 Å². The number of carboxylic acids is 2. The van der Waals surface area contributed by atoms with E-state index in [0.717, 1.165) is 11.1 Å². The van der Waals surface area contributed by atoms with Gasteiger partial charge in [-0.05, 0) is 30.5 Å². The van der Waals surface area contributed by atoms with Crippen molar-refractivity contribution in [2.75, 3.05) is 11.6 Å². The molecule has 1 aromatic rings. The third-order valence-electron chi connectivity index (χ3n) is 1.93. The highest BCUT2D eigenvalue weighted by Gasteiger charge is 2.15. The van der Waals surface area contributed by atoms with Crippen molar-refractivity contribution in [2.24, 2.45) is 0 Å². The maximum atomic E-state index is 10.6. The molecule has 1 aromatic carbocycles. The van der Waals surface area contributed by atoms with E-state index >= 15 is 0 Å². The zero-order valence-electron chi connectivity index (χ0n) is 9.01. The number of hydrogen-bond acceptors (Lipinski definition) is 4. The van der Waals surface area contributed by atoms with Crippen LogP contribution in [-0.4, -0.2) is 28.4 Å². The highest BCUT2D eigenvalue weighted by molar-refractivity contribution is 7.98. The normalized spacial score (nSPS) is 9.47. The number of rotatable bonds is 5. The minimum atomic E-state index is -1.48. The summed E-state index contributed by atoms with van der Waals surface area (Å²) in [5.74, 6) is -2.96. The van der Waals surface area contributed by atoms with Gasteiger partial charge in [0.05, 0.1) is 0 Å². The number of hydrogen-bond donors (Lipinski definition) is 3. The lowest BCUT2D eigenvalue weighted by Gasteiger charge is -2.02. The Morgan fingerprint density at radius 1 is 1.18 bits per heavy atom. The highest BCUT2D eigenvalue weighted by atomic mass is 32.2. The van der Waals surface area contributed by atoms with Crippen molar-refractivity contribution in [3.63, 3.8) is 0 Å². The largest absolute Gasteiger partial charge is 0.477 e. The average Bonchev–Trinajstić information content (AvgIpc) is 2.29. The van der Waals surface area contributed by atoms with E-state index < -0.39 is 17.5 Å². The van der Waals surface area contributed by atoms with Crippen molar-refractivity contribution in [2.45, 2.75) is 4.90 Å². The van der Waals surface area contributed by atoms with Crippen molar-refractivity contribution in [1.29, 1.82) is 0 Å². The van der Waals surface area contributed by atoms with Gasteiger partial charge >= 0.3 is 11.9 Å². The molecular formula is C11H11NO4S. The third-order valence-corrected chi connectivity index (χ3v) is 2.68. The van der Waals surface area contributed by atoms with E-state index in [9.17, 15) is 9.59 Å². The second kappa shape index (κ2) is 5.95. The molecule has 0 atom stereocenters. The van der Waals surface area contributed by atoms with Gasteiger partial charge in [-0.2, -0.15) is 0 Å². The molecule has 0 heterocycles. The van der Waals surface area contributed by atoms with Crippen LogP contribution in [0.3, 0.4) is 0 Å². The number of anilines is 1. The molecule has 6 heteroatoms. The number of nitrogens with one attached hydrogen (secondary N) is 1.